The molecule has 24 heavy (non-hydrogen) atoms. The zero-order chi connectivity index (χ0) is 17.4. The van der Waals surface area contributed by atoms with Gasteiger partial charge in [-0.15, -0.1) is 0 Å². The Labute approximate surface area is 143 Å². The second-order valence-corrected chi connectivity index (χ2v) is 6.88. The van der Waals surface area contributed by atoms with Crippen LogP contribution in [0.4, 0.5) is 0 Å². The number of unbranched alkanes of at least 4 members (excludes halogenated alkanes) is 3. The number of carbonyl (C=O) groups is 2. The van der Waals surface area contributed by atoms with Crippen LogP contribution in [0.1, 0.15) is 56.9 Å². The molecule has 0 amide bonds. The Morgan fingerprint density at radius 2 is 1.75 bits per heavy atom. The molecule has 4 heteroatoms. The second-order valence-electron chi connectivity index (χ2n) is 6.88. The summed E-state index contributed by atoms with van der Waals surface area (Å²) >= 11 is 0. The summed E-state index contributed by atoms with van der Waals surface area (Å²) in [5.41, 5.74) is 1.25. The molecule has 1 aliphatic carbocycles. The van der Waals surface area contributed by atoms with Crippen LogP contribution in [0.5, 0.6) is 0 Å². The predicted molar refractivity (Wildman–Crippen MR) is 92.7 cm³/mol. The van der Waals surface area contributed by atoms with Gasteiger partial charge in [0.1, 0.15) is 5.78 Å². The third-order valence-corrected chi connectivity index (χ3v) is 5.10. The first-order valence-corrected chi connectivity index (χ1v) is 9.04. The maximum atomic E-state index is 12.2. The SMILES string of the molecule is O=C(O)CCCCCC[C@H]1C(=O)C[C@@H](O)[C@@H]1CCc1ccccc1. The molecule has 132 valence electrons. The zero-order valence-electron chi connectivity index (χ0n) is 14.2. The first-order chi connectivity index (χ1) is 11.6. The molecule has 0 unspecified atom stereocenters. The molecule has 2 rings (SSSR count). The Morgan fingerprint density at radius 3 is 2.46 bits per heavy atom. The molecule has 1 saturated carbocycles. The van der Waals surface area contributed by atoms with Crippen molar-refractivity contribution in [2.75, 3.05) is 0 Å². The quantitative estimate of drug-likeness (QED) is 0.642. The van der Waals surface area contributed by atoms with E-state index in [2.05, 4.69) is 12.1 Å². The first kappa shape index (κ1) is 18.7. The van der Waals surface area contributed by atoms with E-state index in [1.807, 2.05) is 18.2 Å². The van der Waals surface area contributed by atoms with E-state index in [9.17, 15) is 14.7 Å². The summed E-state index contributed by atoms with van der Waals surface area (Å²) in [5, 5.41) is 18.8. The number of aryl methyl sites for hydroxylation is 1. The molecular formula is C20H28O4. The van der Waals surface area contributed by atoms with E-state index in [4.69, 9.17) is 5.11 Å². The molecule has 4 nitrogen and oxygen atoms in total. The van der Waals surface area contributed by atoms with Crippen molar-refractivity contribution in [3.8, 4) is 0 Å². The fraction of sp³-hybridized carbons (Fsp3) is 0.600. The van der Waals surface area contributed by atoms with Gasteiger partial charge in [0.2, 0.25) is 0 Å². The molecule has 0 bridgehead atoms. The predicted octanol–water partition coefficient (Wildman–Crippen LogP) is 3.61. The van der Waals surface area contributed by atoms with Crippen molar-refractivity contribution >= 4 is 11.8 Å². The summed E-state index contributed by atoms with van der Waals surface area (Å²) in [6.07, 6.45) is 6.07. The van der Waals surface area contributed by atoms with Crippen LogP contribution in [-0.2, 0) is 16.0 Å². The zero-order valence-corrected chi connectivity index (χ0v) is 14.2. The lowest BCUT2D eigenvalue weighted by Gasteiger charge is -2.21. The Kier molecular flexibility index (Phi) is 7.44. The number of aliphatic hydroxyl groups excluding tert-OH is 1. The van der Waals surface area contributed by atoms with Gasteiger partial charge in [0.15, 0.2) is 0 Å². The molecule has 3 atom stereocenters. The molecule has 2 N–H and O–H groups in total. The van der Waals surface area contributed by atoms with Gasteiger partial charge in [0.25, 0.3) is 0 Å². The van der Waals surface area contributed by atoms with Crippen molar-refractivity contribution in [1.82, 2.24) is 0 Å². The molecule has 0 aromatic heterocycles. The third kappa shape index (κ3) is 5.75. The number of benzene rings is 1. The van der Waals surface area contributed by atoms with E-state index < -0.39 is 12.1 Å². The Hall–Kier alpha value is -1.68. The van der Waals surface area contributed by atoms with Gasteiger partial charge in [-0.1, -0.05) is 49.6 Å². The van der Waals surface area contributed by atoms with Crippen molar-refractivity contribution < 1.29 is 19.8 Å². The Balaban J connectivity index is 1.76. The number of Topliss-reactive ketones (excluding diaryl/α,β-unsaturated/α-hetero) is 1. The second kappa shape index (κ2) is 9.58. The average molecular weight is 332 g/mol. The highest BCUT2D eigenvalue weighted by atomic mass is 16.4. The van der Waals surface area contributed by atoms with E-state index >= 15 is 0 Å². The highest BCUT2D eigenvalue weighted by molar-refractivity contribution is 5.84. The first-order valence-electron chi connectivity index (χ1n) is 9.04. The van der Waals surface area contributed by atoms with Crippen LogP contribution in [0.2, 0.25) is 0 Å². The number of aliphatic hydroxyl groups is 1. The van der Waals surface area contributed by atoms with Gasteiger partial charge < -0.3 is 10.2 Å². The molecule has 1 aliphatic rings. The summed E-state index contributed by atoms with van der Waals surface area (Å²) in [5.74, 6) is -0.504. The van der Waals surface area contributed by atoms with Crippen LogP contribution >= 0.6 is 0 Å². The van der Waals surface area contributed by atoms with Gasteiger partial charge in [-0.25, -0.2) is 0 Å². The monoisotopic (exact) mass is 332 g/mol. The molecule has 0 heterocycles. The molecule has 1 fully saturated rings. The van der Waals surface area contributed by atoms with Crippen molar-refractivity contribution in [2.24, 2.45) is 11.8 Å². The third-order valence-electron chi connectivity index (χ3n) is 5.10. The van der Waals surface area contributed by atoms with E-state index in [0.29, 0.717) is 12.8 Å². The minimum atomic E-state index is -0.745. The number of carboxylic acid groups (broad SMARTS) is 1. The Bertz CT molecular complexity index is 526. The summed E-state index contributed by atoms with van der Waals surface area (Å²) in [7, 11) is 0. The summed E-state index contributed by atoms with van der Waals surface area (Å²) in [4.78, 5) is 22.7. The topological polar surface area (TPSA) is 74.6 Å². The molecule has 1 aromatic carbocycles. The lowest BCUT2D eigenvalue weighted by atomic mass is 9.85. The van der Waals surface area contributed by atoms with Gasteiger partial charge in [-0.05, 0) is 37.2 Å². The van der Waals surface area contributed by atoms with Crippen molar-refractivity contribution in [3.05, 3.63) is 35.9 Å². The maximum Gasteiger partial charge on any atom is 0.303 e. The summed E-state index contributed by atoms with van der Waals surface area (Å²) in [6, 6.07) is 10.2. The number of carboxylic acids is 1. The van der Waals surface area contributed by atoms with Gasteiger partial charge in [-0.3, -0.25) is 9.59 Å². The lowest BCUT2D eigenvalue weighted by molar-refractivity contribution is -0.137. The van der Waals surface area contributed by atoms with Gasteiger partial charge in [0.05, 0.1) is 6.10 Å². The smallest absolute Gasteiger partial charge is 0.303 e. The normalized spacial score (nSPS) is 23.5. The van der Waals surface area contributed by atoms with Crippen LogP contribution in [0.3, 0.4) is 0 Å². The van der Waals surface area contributed by atoms with E-state index in [-0.39, 0.29) is 24.0 Å². The van der Waals surface area contributed by atoms with Crippen LogP contribution in [0, 0.1) is 11.8 Å². The summed E-state index contributed by atoms with van der Waals surface area (Å²) in [6.45, 7) is 0. The molecule has 0 radical (unpaired) electrons. The molecular weight excluding hydrogens is 304 g/mol. The maximum absolute atomic E-state index is 12.2. The van der Waals surface area contributed by atoms with Crippen molar-refractivity contribution in [2.45, 2.75) is 63.9 Å². The lowest BCUT2D eigenvalue weighted by Crippen LogP contribution is -2.21. The highest BCUT2D eigenvalue weighted by Crippen LogP contribution is 2.36. The molecule has 0 aliphatic heterocycles. The molecule has 1 aromatic rings. The number of carbonyl (C=O) groups excluding carboxylic acids is 1. The minimum absolute atomic E-state index is 0.0248. The largest absolute Gasteiger partial charge is 0.481 e. The van der Waals surface area contributed by atoms with Gasteiger partial charge in [0, 0.05) is 18.8 Å². The van der Waals surface area contributed by atoms with Crippen molar-refractivity contribution in [3.63, 3.8) is 0 Å². The van der Waals surface area contributed by atoms with Crippen LogP contribution < -0.4 is 0 Å². The Morgan fingerprint density at radius 1 is 1.04 bits per heavy atom. The molecule has 0 spiro atoms. The van der Waals surface area contributed by atoms with Gasteiger partial charge in [-0.2, -0.15) is 0 Å². The number of hydrogen-bond donors (Lipinski definition) is 2. The number of aliphatic carboxylic acids is 1. The number of hydrogen-bond acceptors (Lipinski definition) is 3. The summed E-state index contributed by atoms with van der Waals surface area (Å²) < 4.78 is 0. The van der Waals surface area contributed by atoms with E-state index in [0.717, 1.165) is 38.5 Å². The fourth-order valence-electron chi connectivity index (χ4n) is 3.76. The standard InChI is InChI=1S/C20H28O4/c21-18-14-19(22)17(13-12-15-8-4-3-5-9-15)16(18)10-6-1-2-7-11-20(23)24/h3-5,8-9,16-17,19,22H,1-2,6-7,10-14H2,(H,23,24)/t16-,17-,19-/m1/s1. The highest BCUT2D eigenvalue weighted by Gasteiger charge is 2.40. The van der Waals surface area contributed by atoms with Crippen LogP contribution in [0.15, 0.2) is 30.3 Å². The minimum Gasteiger partial charge on any atom is -0.481 e. The van der Waals surface area contributed by atoms with Crippen LogP contribution in [0.25, 0.3) is 0 Å². The number of rotatable bonds is 10. The van der Waals surface area contributed by atoms with E-state index in [1.165, 1.54) is 5.56 Å². The van der Waals surface area contributed by atoms with Crippen LogP contribution in [-0.4, -0.2) is 28.1 Å². The average Bonchev–Trinajstić information content (AvgIpc) is 2.83. The number of ketones is 1. The van der Waals surface area contributed by atoms with Crippen molar-refractivity contribution in [1.29, 1.82) is 0 Å². The van der Waals surface area contributed by atoms with E-state index in [1.54, 1.807) is 0 Å². The molecule has 0 saturated heterocycles. The van der Waals surface area contributed by atoms with Gasteiger partial charge >= 0.3 is 5.97 Å². The fourth-order valence-corrected chi connectivity index (χ4v) is 3.76.